The summed E-state index contributed by atoms with van der Waals surface area (Å²) in [5, 5.41) is 7.45. The summed E-state index contributed by atoms with van der Waals surface area (Å²) in [5.41, 5.74) is 2.59. The Labute approximate surface area is 184 Å². The third kappa shape index (κ3) is 4.94. The number of nitrogens with zero attached hydrogens (tertiary/aromatic N) is 2. The van der Waals surface area contributed by atoms with E-state index in [-0.39, 0.29) is 5.91 Å². The fourth-order valence-corrected chi connectivity index (χ4v) is 3.52. The van der Waals surface area contributed by atoms with Gasteiger partial charge in [-0.1, -0.05) is 22.0 Å². The largest absolute Gasteiger partial charge is 0.493 e. The highest BCUT2D eigenvalue weighted by Gasteiger charge is 2.15. The minimum absolute atomic E-state index is 0.111. The van der Waals surface area contributed by atoms with E-state index in [4.69, 9.17) is 14.2 Å². The van der Waals surface area contributed by atoms with Crippen LogP contribution in [0, 0.1) is 6.92 Å². The van der Waals surface area contributed by atoms with E-state index in [1.54, 1.807) is 26.0 Å². The summed E-state index contributed by atoms with van der Waals surface area (Å²) in [6.07, 6.45) is 0.813. The first-order valence-electron chi connectivity index (χ1n) is 9.36. The van der Waals surface area contributed by atoms with Crippen LogP contribution in [0.25, 0.3) is 5.69 Å². The zero-order valence-electron chi connectivity index (χ0n) is 17.4. The first-order valence-corrected chi connectivity index (χ1v) is 10.2. The maximum absolute atomic E-state index is 12.6. The predicted octanol–water partition coefficient (Wildman–Crippen LogP) is 4.54. The number of rotatable bonds is 8. The molecule has 0 saturated heterocycles. The molecule has 0 saturated carbocycles. The van der Waals surface area contributed by atoms with Crippen LogP contribution in [0.3, 0.4) is 0 Å². The zero-order chi connectivity index (χ0) is 21.7. The van der Waals surface area contributed by atoms with Crippen molar-refractivity contribution in [2.45, 2.75) is 19.8 Å². The van der Waals surface area contributed by atoms with Gasteiger partial charge >= 0.3 is 0 Å². The number of hydrogen-bond donors (Lipinski definition) is 1. The Kier molecular flexibility index (Phi) is 6.99. The lowest BCUT2D eigenvalue weighted by atomic mass is 10.1. The molecule has 1 aromatic heterocycles. The number of anilines is 1. The van der Waals surface area contributed by atoms with Crippen LogP contribution in [-0.4, -0.2) is 37.0 Å². The maximum atomic E-state index is 12.6. The van der Waals surface area contributed by atoms with Crippen molar-refractivity contribution in [2.75, 3.05) is 26.6 Å². The lowest BCUT2D eigenvalue weighted by Crippen LogP contribution is -2.15. The van der Waals surface area contributed by atoms with Crippen molar-refractivity contribution in [3.8, 4) is 22.9 Å². The molecule has 0 unspecified atom stereocenters. The van der Waals surface area contributed by atoms with E-state index in [0.717, 1.165) is 21.4 Å². The monoisotopic (exact) mass is 473 g/mol. The predicted molar refractivity (Wildman–Crippen MR) is 119 cm³/mol. The Hall–Kier alpha value is -3.00. The molecule has 2 aromatic carbocycles. The summed E-state index contributed by atoms with van der Waals surface area (Å²) in [6, 6.07) is 13.3. The SMILES string of the molecule is COc1cc(CCC(=O)Nc2cc(C)nn2-c2cccc(Br)c2)cc(OC)c1OC. The average molecular weight is 474 g/mol. The lowest BCUT2D eigenvalue weighted by Gasteiger charge is -2.14. The first-order chi connectivity index (χ1) is 14.4. The van der Waals surface area contributed by atoms with Crippen molar-refractivity contribution in [1.29, 1.82) is 0 Å². The minimum Gasteiger partial charge on any atom is -0.493 e. The molecule has 158 valence electrons. The molecule has 0 fully saturated rings. The number of halogens is 1. The van der Waals surface area contributed by atoms with Crippen LogP contribution in [0.5, 0.6) is 17.2 Å². The van der Waals surface area contributed by atoms with Crippen molar-refractivity contribution in [3.63, 3.8) is 0 Å². The zero-order valence-corrected chi connectivity index (χ0v) is 18.9. The van der Waals surface area contributed by atoms with Gasteiger partial charge in [-0.3, -0.25) is 4.79 Å². The number of ether oxygens (including phenoxy) is 3. The normalized spacial score (nSPS) is 10.6. The highest BCUT2D eigenvalue weighted by Crippen LogP contribution is 2.38. The fourth-order valence-electron chi connectivity index (χ4n) is 3.14. The molecule has 0 spiro atoms. The number of nitrogens with one attached hydrogen (secondary N) is 1. The van der Waals surface area contributed by atoms with Gasteiger partial charge in [0.25, 0.3) is 0 Å². The van der Waals surface area contributed by atoms with Gasteiger partial charge in [0.05, 0.1) is 32.7 Å². The van der Waals surface area contributed by atoms with Gasteiger partial charge in [-0.2, -0.15) is 5.10 Å². The van der Waals surface area contributed by atoms with E-state index in [2.05, 4.69) is 26.3 Å². The van der Waals surface area contributed by atoms with Crippen LogP contribution in [0.1, 0.15) is 17.7 Å². The third-order valence-electron chi connectivity index (χ3n) is 4.52. The standard InChI is InChI=1S/C22H24BrN3O4/c1-14-10-20(26(25-14)17-7-5-6-16(23)13-17)24-21(27)9-8-15-11-18(28-2)22(30-4)19(12-15)29-3/h5-7,10-13H,8-9H2,1-4H3,(H,24,27). The number of aromatic nitrogens is 2. The second kappa shape index (κ2) is 9.67. The van der Waals surface area contributed by atoms with Crippen molar-refractivity contribution in [3.05, 3.63) is 58.2 Å². The molecule has 3 rings (SSSR count). The van der Waals surface area contributed by atoms with E-state index in [0.29, 0.717) is 35.9 Å². The number of amides is 1. The van der Waals surface area contributed by atoms with Crippen LogP contribution in [0.4, 0.5) is 5.82 Å². The van der Waals surface area contributed by atoms with Crippen LogP contribution in [-0.2, 0) is 11.2 Å². The number of carbonyl (C=O) groups is 1. The van der Waals surface area contributed by atoms with Gasteiger partial charge in [-0.05, 0) is 49.2 Å². The van der Waals surface area contributed by atoms with Crippen LogP contribution >= 0.6 is 15.9 Å². The molecule has 8 heteroatoms. The summed E-state index contributed by atoms with van der Waals surface area (Å²) in [5.74, 6) is 2.17. The Balaban J connectivity index is 1.73. The smallest absolute Gasteiger partial charge is 0.225 e. The summed E-state index contributed by atoms with van der Waals surface area (Å²) in [6.45, 7) is 1.89. The van der Waals surface area contributed by atoms with E-state index in [1.165, 1.54) is 0 Å². The molecule has 7 nitrogen and oxygen atoms in total. The first kappa shape index (κ1) is 21.7. The molecular weight excluding hydrogens is 450 g/mol. The van der Waals surface area contributed by atoms with Crippen molar-refractivity contribution in [1.82, 2.24) is 9.78 Å². The Morgan fingerprint density at radius 1 is 1.07 bits per heavy atom. The molecule has 0 aliphatic rings. The van der Waals surface area contributed by atoms with E-state index in [9.17, 15) is 4.79 Å². The Morgan fingerprint density at radius 3 is 2.37 bits per heavy atom. The van der Waals surface area contributed by atoms with Gasteiger partial charge in [0, 0.05) is 17.0 Å². The van der Waals surface area contributed by atoms with Crippen molar-refractivity contribution < 1.29 is 19.0 Å². The molecule has 0 radical (unpaired) electrons. The topological polar surface area (TPSA) is 74.6 Å². The van der Waals surface area contributed by atoms with E-state index < -0.39 is 0 Å². The highest BCUT2D eigenvalue weighted by atomic mass is 79.9. The second-order valence-electron chi connectivity index (χ2n) is 6.64. The van der Waals surface area contributed by atoms with Gasteiger partial charge in [-0.15, -0.1) is 0 Å². The van der Waals surface area contributed by atoms with Crippen molar-refractivity contribution in [2.24, 2.45) is 0 Å². The van der Waals surface area contributed by atoms with Crippen LogP contribution in [0.2, 0.25) is 0 Å². The number of carbonyl (C=O) groups excluding carboxylic acids is 1. The molecule has 30 heavy (non-hydrogen) atoms. The number of methoxy groups -OCH3 is 3. The molecule has 0 aliphatic heterocycles. The molecule has 1 amide bonds. The molecular formula is C22H24BrN3O4. The van der Waals surface area contributed by atoms with Crippen LogP contribution < -0.4 is 19.5 Å². The van der Waals surface area contributed by atoms with Gasteiger partial charge in [0.1, 0.15) is 5.82 Å². The van der Waals surface area contributed by atoms with E-state index in [1.807, 2.05) is 49.4 Å². The van der Waals surface area contributed by atoms with Crippen molar-refractivity contribution >= 4 is 27.7 Å². The third-order valence-corrected chi connectivity index (χ3v) is 5.01. The summed E-state index contributed by atoms with van der Waals surface area (Å²) >= 11 is 3.47. The minimum atomic E-state index is -0.111. The highest BCUT2D eigenvalue weighted by molar-refractivity contribution is 9.10. The summed E-state index contributed by atoms with van der Waals surface area (Å²) in [7, 11) is 4.70. The Morgan fingerprint density at radius 2 is 1.77 bits per heavy atom. The molecule has 1 N–H and O–H groups in total. The van der Waals surface area contributed by atoms with E-state index >= 15 is 0 Å². The fraction of sp³-hybridized carbons (Fsp3) is 0.273. The van der Waals surface area contributed by atoms with Gasteiger partial charge in [-0.25, -0.2) is 4.68 Å². The van der Waals surface area contributed by atoms with Crippen LogP contribution in [0.15, 0.2) is 46.9 Å². The molecule has 0 bridgehead atoms. The number of aryl methyl sites for hydroxylation is 2. The lowest BCUT2D eigenvalue weighted by molar-refractivity contribution is -0.116. The summed E-state index contributed by atoms with van der Waals surface area (Å²) in [4.78, 5) is 12.6. The molecule has 1 heterocycles. The molecule has 0 atom stereocenters. The maximum Gasteiger partial charge on any atom is 0.225 e. The molecule has 0 aliphatic carbocycles. The summed E-state index contributed by atoms with van der Waals surface area (Å²) < 4.78 is 18.8. The number of benzene rings is 2. The van der Waals surface area contributed by atoms with Gasteiger partial charge < -0.3 is 19.5 Å². The number of hydrogen-bond acceptors (Lipinski definition) is 5. The second-order valence-corrected chi connectivity index (χ2v) is 7.56. The van der Waals surface area contributed by atoms with Gasteiger partial charge in [0.2, 0.25) is 11.7 Å². The quantitative estimate of drug-likeness (QED) is 0.519. The molecule has 3 aromatic rings. The van der Waals surface area contributed by atoms with Gasteiger partial charge in [0.15, 0.2) is 11.5 Å². The Bertz CT molecular complexity index is 1020. The average Bonchev–Trinajstić information content (AvgIpc) is 3.11.